The SMILES string of the molecule is Cc1nc(CN[C@@H](C)c2ccccc2)no1. The Kier molecular flexibility index (Phi) is 3.31. The number of rotatable bonds is 4. The quantitative estimate of drug-likeness (QED) is 0.853. The molecule has 0 unspecified atom stereocenters. The monoisotopic (exact) mass is 217 g/mol. The lowest BCUT2D eigenvalue weighted by Crippen LogP contribution is -2.18. The van der Waals surface area contributed by atoms with Crippen molar-refractivity contribution < 1.29 is 4.52 Å². The Morgan fingerprint density at radius 2 is 2.06 bits per heavy atom. The standard InChI is InChI=1S/C12H15N3O/c1-9(11-6-4-3-5-7-11)13-8-12-14-10(2)16-15-12/h3-7,9,13H,8H2,1-2H3/t9-/m0/s1. The van der Waals surface area contributed by atoms with Crippen LogP contribution in [0.4, 0.5) is 0 Å². The second-order valence-electron chi connectivity index (χ2n) is 3.74. The molecule has 2 rings (SSSR count). The minimum Gasteiger partial charge on any atom is -0.340 e. The third-order valence-corrected chi connectivity index (χ3v) is 2.44. The molecular formula is C12H15N3O. The minimum atomic E-state index is 0.278. The molecule has 1 aromatic carbocycles. The number of benzene rings is 1. The van der Waals surface area contributed by atoms with E-state index in [2.05, 4.69) is 34.5 Å². The maximum Gasteiger partial charge on any atom is 0.223 e. The molecule has 0 fully saturated rings. The average Bonchev–Trinajstić information content (AvgIpc) is 2.73. The molecule has 84 valence electrons. The average molecular weight is 217 g/mol. The molecule has 0 saturated heterocycles. The van der Waals surface area contributed by atoms with Gasteiger partial charge in [0.1, 0.15) is 0 Å². The fourth-order valence-corrected chi connectivity index (χ4v) is 1.52. The number of hydrogen-bond acceptors (Lipinski definition) is 4. The maximum atomic E-state index is 4.90. The summed E-state index contributed by atoms with van der Waals surface area (Å²) in [4.78, 5) is 4.14. The van der Waals surface area contributed by atoms with Crippen LogP contribution in [0, 0.1) is 6.92 Å². The van der Waals surface area contributed by atoms with Gasteiger partial charge in [-0.3, -0.25) is 0 Å². The van der Waals surface area contributed by atoms with E-state index < -0.39 is 0 Å². The molecule has 0 aliphatic carbocycles. The van der Waals surface area contributed by atoms with Gasteiger partial charge in [-0.2, -0.15) is 4.98 Å². The van der Waals surface area contributed by atoms with Gasteiger partial charge >= 0.3 is 0 Å². The molecule has 0 aliphatic heterocycles. The number of nitrogens with zero attached hydrogens (tertiary/aromatic N) is 2. The number of hydrogen-bond donors (Lipinski definition) is 1. The first-order chi connectivity index (χ1) is 7.75. The van der Waals surface area contributed by atoms with Crippen LogP contribution in [-0.4, -0.2) is 10.1 Å². The fraction of sp³-hybridized carbons (Fsp3) is 0.333. The summed E-state index contributed by atoms with van der Waals surface area (Å²) in [6, 6.07) is 10.6. The lowest BCUT2D eigenvalue weighted by molar-refractivity contribution is 0.384. The normalized spacial score (nSPS) is 12.6. The Morgan fingerprint density at radius 3 is 2.69 bits per heavy atom. The molecule has 1 heterocycles. The molecule has 16 heavy (non-hydrogen) atoms. The predicted molar refractivity (Wildman–Crippen MR) is 60.7 cm³/mol. The van der Waals surface area contributed by atoms with E-state index in [1.54, 1.807) is 6.92 Å². The van der Waals surface area contributed by atoms with Crippen molar-refractivity contribution in [1.29, 1.82) is 0 Å². The molecule has 1 atom stereocenters. The zero-order chi connectivity index (χ0) is 11.4. The van der Waals surface area contributed by atoms with E-state index in [9.17, 15) is 0 Å². The highest BCUT2D eigenvalue weighted by atomic mass is 16.5. The lowest BCUT2D eigenvalue weighted by atomic mass is 10.1. The second-order valence-corrected chi connectivity index (χ2v) is 3.74. The Morgan fingerprint density at radius 1 is 1.31 bits per heavy atom. The Hall–Kier alpha value is -1.68. The van der Waals surface area contributed by atoms with Crippen molar-refractivity contribution in [2.24, 2.45) is 0 Å². The van der Waals surface area contributed by atoms with E-state index >= 15 is 0 Å². The van der Waals surface area contributed by atoms with Crippen molar-refractivity contribution in [3.8, 4) is 0 Å². The Labute approximate surface area is 94.7 Å². The molecular weight excluding hydrogens is 202 g/mol. The summed E-state index contributed by atoms with van der Waals surface area (Å²) in [5.74, 6) is 1.30. The van der Waals surface area contributed by atoms with Gasteiger partial charge in [0.15, 0.2) is 5.82 Å². The predicted octanol–water partition coefficient (Wildman–Crippen LogP) is 2.23. The van der Waals surface area contributed by atoms with Crippen molar-refractivity contribution in [2.45, 2.75) is 26.4 Å². The molecule has 0 aliphatic rings. The highest BCUT2D eigenvalue weighted by Crippen LogP contribution is 2.11. The highest BCUT2D eigenvalue weighted by molar-refractivity contribution is 5.18. The van der Waals surface area contributed by atoms with Gasteiger partial charge in [-0.05, 0) is 12.5 Å². The first-order valence-electron chi connectivity index (χ1n) is 5.33. The van der Waals surface area contributed by atoms with Crippen LogP contribution in [0.2, 0.25) is 0 Å². The van der Waals surface area contributed by atoms with Gasteiger partial charge in [0.05, 0.1) is 6.54 Å². The van der Waals surface area contributed by atoms with Crippen LogP contribution in [0.1, 0.15) is 30.2 Å². The van der Waals surface area contributed by atoms with Crippen LogP contribution in [0.5, 0.6) is 0 Å². The molecule has 2 aromatic rings. The summed E-state index contributed by atoms with van der Waals surface area (Å²) in [7, 11) is 0. The van der Waals surface area contributed by atoms with Crippen molar-refractivity contribution in [1.82, 2.24) is 15.5 Å². The van der Waals surface area contributed by atoms with Gasteiger partial charge in [0.2, 0.25) is 5.89 Å². The summed E-state index contributed by atoms with van der Waals surface area (Å²) in [5.41, 5.74) is 1.25. The smallest absolute Gasteiger partial charge is 0.223 e. The maximum absolute atomic E-state index is 4.90. The second kappa shape index (κ2) is 4.90. The summed E-state index contributed by atoms with van der Waals surface area (Å²) in [6.07, 6.45) is 0. The van der Waals surface area contributed by atoms with Crippen molar-refractivity contribution in [3.63, 3.8) is 0 Å². The lowest BCUT2D eigenvalue weighted by Gasteiger charge is -2.12. The van der Waals surface area contributed by atoms with Crippen LogP contribution in [0.3, 0.4) is 0 Å². The zero-order valence-electron chi connectivity index (χ0n) is 9.47. The van der Waals surface area contributed by atoms with E-state index in [0.29, 0.717) is 18.3 Å². The van der Waals surface area contributed by atoms with Gasteiger partial charge in [-0.15, -0.1) is 0 Å². The van der Waals surface area contributed by atoms with E-state index in [0.717, 1.165) is 0 Å². The fourth-order valence-electron chi connectivity index (χ4n) is 1.52. The number of nitrogens with one attached hydrogen (secondary N) is 1. The van der Waals surface area contributed by atoms with Gasteiger partial charge in [-0.25, -0.2) is 0 Å². The first kappa shape index (κ1) is 10.8. The van der Waals surface area contributed by atoms with Crippen LogP contribution in [-0.2, 0) is 6.54 Å². The largest absolute Gasteiger partial charge is 0.340 e. The van der Waals surface area contributed by atoms with E-state index in [1.165, 1.54) is 5.56 Å². The molecule has 0 saturated carbocycles. The molecule has 1 aromatic heterocycles. The number of aromatic nitrogens is 2. The van der Waals surface area contributed by atoms with E-state index in [1.807, 2.05) is 18.2 Å². The molecule has 4 nitrogen and oxygen atoms in total. The summed E-state index contributed by atoms with van der Waals surface area (Å²) >= 11 is 0. The molecule has 4 heteroatoms. The van der Waals surface area contributed by atoms with E-state index in [-0.39, 0.29) is 6.04 Å². The van der Waals surface area contributed by atoms with Gasteiger partial charge in [0.25, 0.3) is 0 Å². The molecule has 0 spiro atoms. The van der Waals surface area contributed by atoms with Crippen LogP contribution < -0.4 is 5.32 Å². The minimum absolute atomic E-state index is 0.278. The molecule has 0 amide bonds. The van der Waals surface area contributed by atoms with Crippen LogP contribution >= 0.6 is 0 Å². The third kappa shape index (κ3) is 2.67. The van der Waals surface area contributed by atoms with Gasteiger partial charge in [0, 0.05) is 13.0 Å². The topological polar surface area (TPSA) is 51.0 Å². The summed E-state index contributed by atoms with van der Waals surface area (Å²) in [5, 5.41) is 7.18. The molecule has 0 bridgehead atoms. The van der Waals surface area contributed by atoms with Crippen molar-refractivity contribution in [2.75, 3.05) is 0 Å². The molecule has 1 N–H and O–H groups in total. The summed E-state index contributed by atoms with van der Waals surface area (Å²) < 4.78 is 4.90. The van der Waals surface area contributed by atoms with Crippen LogP contribution in [0.25, 0.3) is 0 Å². The third-order valence-electron chi connectivity index (χ3n) is 2.44. The first-order valence-corrected chi connectivity index (χ1v) is 5.33. The Bertz CT molecular complexity index is 439. The van der Waals surface area contributed by atoms with Gasteiger partial charge in [-0.1, -0.05) is 35.5 Å². The molecule has 0 radical (unpaired) electrons. The zero-order valence-corrected chi connectivity index (χ0v) is 9.47. The van der Waals surface area contributed by atoms with Crippen molar-refractivity contribution in [3.05, 3.63) is 47.6 Å². The van der Waals surface area contributed by atoms with Gasteiger partial charge < -0.3 is 9.84 Å². The van der Waals surface area contributed by atoms with E-state index in [4.69, 9.17) is 4.52 Å². The highest BCUT2D eigenvalue weighted by Gasteiger charge is 2.06. The summed E-state index contributed by atoms with van der Waals surface area (Å²) in [6.45, 7) is 4.52. The van der Waals surface area contributed by atoms with Crippen molar-refractivity contribution >= 4 is 0 Å². The Balaban J connectivity index is 1.91. The van der Waals surface area contributed by atoms with Crippen LogP contribution in [0.15, 0.2) is 34.9 Å². The number of aryl methyl sites for hydroxylation is 1.